The summed E-state index contributed by atoms with van der Waals surface area (Å²) in [5, 5.41) is 6.03. The SMILES string of the molecule is CC(=O)Nc1cccc(N(CCC(=O)Nc2ccc(C)c(Cl)c2)C(C)=O)c1. The van der Waals surface area contributed by atoms with Gasteiger partial charge in [0, 0.05) is 48.9 Å². The van der Waals surface area contributed by atoms with E-state index >= 15 is 0 Å². The van der Waals surface area contributed by atoms with Gasteiger partial charge in [-0.2, -0.15) is 0 Å². The van der Waals surface area contributed by atoms with E-state index in [1.807, 2.05) is 13.0 Å². The molecule has 0 spiro atoms. The molecule has 0 fully saturated rings. The molecule has 7 heteroatoms. The summed E-state index contributed by atoms with van der Waals surface area (Å²) in [5.41, 5.74) is 2.74. The summed E-state index contributed by atoms with van der Waals surface area (Å²) in [6.07, 6.45) is 0.120. The molecule has 27 heavy (non-hydrogen) atoms. The van der Waals surface area contributed by atoms with Crippen LogP contribution in [-0.4, -0.2) is 24.3 Å². The minimum Gasteiger partial charge on any atom is -0.326 e. The third-order valence-corrected chi connectivity index (χ3v) is 4.28. The van der Waals surface area contributed by atoms with Gasteiger partial charge in [-0.1, -0.05) is 23.7 Å². The molecule has 0 aliphatic rings. The number of nitrogens with zero attached hydrogens (tertiary/aromatic N) is 1. The zero-order chi connectivity index (χ0) is 20.0. The lowest BCUT2D eigenvalue weighted by molar-refractivity contribution is -0.117. The summed E-state index contributed by atoms with van der Waals surface area (Å²) in [6.45, 7) is 4.94. The van der Waals surface area contributed by atoms with Crippen LogP contribution < -0.4 is 15.5 Å². The second-order valence-electron chi connectivity index (χ2n) is 6.16. The maximum Gasteiger partial charge on any atom is 0.226 e. The van der Waals surface area contributed by atoms with Gasteiger partial charge < -0.3 is 15.5 Å². The molecular formula is C20H22ClN3O3. The highest BCUT2D eigenvalue weighted by Crippen LogP contribution is 2.22. The molecule has 0 saturated carbocycles. The van der Waals surface area contributed by atoms with Crippen LogP contribution in [0.1, 0.15) is 25.8 Å². The minimum absolute atomic E-state index is 0.120. The Hall–Kier alpha value is -2.86. The summed E-state index contributed by atoms with van der Waals surface area (Å²) in [7, 11) is 0. The van der Waals surface area contributed by atoms with E-state index in [0.29, 0.717) is 22.1 Å². The molecule has 0 atom stereocenters. The number of hydrogen-bond donors (Lipinski definition) is 2. The first-order chi connectivity index (χ1) is 12.8. The Morgan fingerprint density at radius 1 is 1.00 bits per heavy atom. The molecule has 0 unspecified atom stereocenters. The second kappa shape index (κ2) is 9.19. The number of nitrogens with one attached hydrogen (secondary N) is 2. The van der Waals surface area contributed by atoms with Gasteiger partial charge in [0.2, 0.25) is 17.7 Å². The van der Waals surface area contributed by atoms with E-state index in [2.05, 4.69) is 10.6 Å². The Labute approximate surface area is 163 Å². The van der Waals surface area contributed by atoms with Gasteiger partial charge in [-0.3, -0.25) is 14.4 Å². The van der Waals surface area contributed by atoms with E-state index in [1.54, 1.807) is 36.4 Å². The summed E-state index contributed by atoms with van der Waals surface area (Å²) in [6, 6.07) is 12.2. The van der Waals surface area contributed by atoms with Crippen LogP contribution in [0.25, 0.3) is 0 Å². The Morgan fingerprint density at radius 3 is 2.33 bits per heavy atom. The van der Waals surface area contributed by atoms with Crippen LogP contribution in [0, 0.1) is 6.92 Å². The van der Waals surface area contributed by atoms with Crippen molar-refractivity contribution in [1.82, 2.24) is 0 Å². The average molecular weight is 388 g/mol. The van der Waals surface area contributed by atoms with E-state index in [1.165, 1.54) is 18.7 Å². The van der Waals surface area contributed by atoms with E-state index in [4.69, 9.17) is 11.6 Å². The Kier molecular flexibility index (Phi) is 6.96. The number of amides is 3. The number of hydrogen-bond acceptors (Lipinski definition) is 3. The number of carbonyl (C=O) groups excluding carboxylic acids is 3. The fourth-order valence-electron chi connectivity index (χ4n) is 2.53. The van der Waals surface area contributed by atoms with Crippen LogP contribution in [0.3, 0.4) is 0 Å². The molecule has 0 aromatic heterocycles. The molecule has 6 nitrogen and oxygen atoms in total. The lowest BCUT2D eigenvalue weighted by atomic mass is 10.2. The van der Waals surface area contributed by atoms with Crippen LogP contribution in [0.4, 0.5) is 17.1 Å². The van der Waals surface area contributed by atoms with E-state index in [-0.39, 0.29) is 30.7 Å². The molecule has 142 valence electrons. The van der Waals surface area contributed by atoms with E-state index in [9.17, 15) is 14.4 Å². The minimum atomic E-state index is -0.223. The highest BCUT2D eigenvalue weighted by molar-refractivity contribution is 6.31. The van der Waals surface area contributed by atoms with Crippen LogP contribution in [0.5, 0.6) is 0 Å². The van der Waals surface area contributed by atoms with Gasteiger partial charge in [0.05, 0.1) is 0 Å². The Bertz CT molecular complexity index is 867. The van der Waals surface area contributed by atoms with Gasteiger partial charge in [-0.05, 0) is 42.8 Å². The first kappa shape index (κ1) is 20.5. The first-order valence-electron chi connectivity index (χ1n) is 8.48. The van der Waals surface area contributed by atoms with Crippen molar-refractivity contribution in [2.24, 2.45) is 0 Å². The van der Waals surface area contributed by atoms with Crippen molar-refractivity contribution in [3.8, 4) is 0 Å². The topological polar surface area (TPSA) is 78.5 Å². The molecule has 3 amide bonds. The summed E-state index contributed by atoms with van der Waals surface area (Å²) < 4.78 is 0. The average Bonchev–Trinajstić information content (AvgIpc) is 2.58. The molecule has 2 rings (SSSR count). The predicted octanol–water partition coefficient (Wildman–Crippen LogP) is 3.99. The van der Waals surface area contributed by atoms with Crippen molar-refractivity contribution < 1.29 is 14.4 Å². The van der Waals surface area contributed by atoms with Crippen molar-refractivity contribution in [1.29, 1.82) is 0 Å². The quantitative estimate of drug-likeness (QED) is 0.786. The lowest BCUT2D eigenvalue weighted by Gasteiger charge is -2.21. The number of rotatable bonds is 6. The Morgan fingerprint density at radius 2 is 1.70 bits per heavy atom. The van der Waals surface area contributed by atoms with Gasteiger partial charge in [-0.15, -0.1) is 0 Å². The predicted molar refractivity (Wildman–Crippen MR) is 108 cm³/mol. The number of aryl methyl sites for hydroxylation is 1. The van der Waals surface area contributed by atoms with Gasteiger partial charge in [0.25, 0.3) is 0 Å². The zero-order valence-electron chi connectivity index (χ0n) is 15.5. The fraction of sp³-hybridized carbons (Fsp3) is 0.250. The van der Waals surface area contributed by atoms with Crippen LogP contribution in [-0.2, 0) is 14.4 Å². The van der Waals surface area contributed by atoms with Crippen molar-refractivity contribution in [2.75, 3.05) is 22.1 Å². The normalized spacial score (nSPS) is 10.2. The van der Waals surface area contributed by atoms with E-state index < -0.39 is 0 Å². The maximum atomic E-state index is 12.2. The molecule has 0 aliphatic carbocycles. The van der Waals surface area contributed by atoms with Gasteiger partial charge in [0.15, 0.2) is 0 Å². The summed E-state index contributed by atoms with van der Waals surface area (Å²) in [5.74, 6) is -0.613. The van der Waals surface area contributed by atoms with Crippen LogP contribution in [0.15, 0.2) is 42.5 Å². The second-order valence-corrected chi connectivity index (χ2v) is 6.57. The molecule has 0 radical (unpaired) electrons. The van der Waals surface area contributed by atoms with Crippen LogP contribution >= 0.6 is 11.6 Å². The third kappa shape index (κ3) is 6.11. The molecule has 2 N–H and O–H groups in total. The zero-order valence-corrected chi connectivity index (χ0v) is 16.3. The van der Waals surface area contributed by atoms with E-state index in [0.717, 1.165) is 5.56 Å². The van der Waals surface area contributed by atoms with Crippen molar-refractivity contribution in [2.45, 2.75) is 27.2 Å². The van der Waals surface area contributed by atoms with Gasteiger partial charge in [0.1, 0.15) is 0 Å². The molecular weight excluding hydrogens is 366 g/mol. The summed E-state index contributed by atoms with van der Waals surface area (Å²) in [4.78, 5) is 37.0. The largest absolute Gasteiger partial charge is 0.326 e. The van der Waals surface area contributed by atoms with Crippen molar-refractivity contribution in [3.63, 3.8) is 0 Å². The lowest BCUT2D eigenvalue weighted by Crippen LogP contribution is -2.32. The number of anilines is 3. The summed E-state index contributed by atoms with van der Waals surface area (Å²) >= 11 is 6.06. The molecule has 0 aliphatic heterocycles. The van der Waals surface area contributed by atoms with Crippen LogP contribution in [0.2, 0.25) is 5.02 Å². The number of halogens is 1. The maximum absolute atomic E-state index is 12.2. The van der Waals surface area contributed by atoms with Crippen molar-refractivity contribution >= 4 is 46.4 Å². The number of carbonyl (C=O) groups is 3. The molecule has 0 bridgehead atoms. The monoisotopic (exact) mass is 387 g/mol. The molecule has 2 aromatic rings. The van der Waals surface area contributed by atoms with Crippen molar-refractivity contribution in [3.05, 3.63) is 53.1 Å². The standard InChI is InChI=1S/C20H22ClN3O3/c1-13-7-8-17(12-19(13)21)23-20(27)9-10-24(15(3)26)18-6-4-5-16(11-18)22-14(2)25/h4-8,11-12H,9-10H2,1-3H3,(H,22,25)(H,23,27). The number of benzene rings is 2. The molecule has 0 saturated heterocycles. The first-order valence-corrected chi connectivity index (χ1v) is 8.86. The van der Waals surface area contributed by atoms with Gasteiger partial charge >= 0.3 is 0 Å². The highest BCUT2D eigenvalue weighted by atomic mass is 35.5. The molecule has 0 heterocycles. The Balaban J connectivity index is 2.03. The fourth-order valence-corrected chi connectivity index (χ4v) is 2.71. The smallest absolute Gasteiger partial charge is 0.226 e. The molecule has 2 aromatic carbocycles. The highest BCUT2D eigenvalue weighted by Gasteiger charge is 2.14. The third-order valence-electron chi connectivity index (χ3n) is 3.88. The van der Waals surface area contributed by atoms with Gasteiger partial charge in [-0.25, -0.2) is 0 Å².